The Morgan fingerprint density at radius 1 is 1.17 bits per heavy atom. The molecule has 0 bridgehead atoms. The van der Waals surface area contributed by atoms with Gasteiger partial charge in [-0.1, -0.05) is 30.3 Å². The van der Waals surface area contributed by atoms with Crippen LogP contribution in [0.2, 0.25) is 0 Å². The van der Waals surface area contributed by atoms with Crippen molar-refractivity contribution in [3.63, 3.8) is 0 Å². The largest absolute Gasteiger partial charge is 0.455 e. The maximum absolute atomic E-state index is 13.1. The van der Waals surface area contributed by atoms with E-state index in [1.54, 1.807) is 0 Å². The Hall–Kier alpha value is -2.89. The van der Waals surface area contributed by atoms with Crippen LogP contribution >= 0.6 is 0 Å². The van der Waals surface area contributed by atoms with Gasteiger partial charge in [0.2, 0.25) is 5.91 Å². The Morgan fingerprint density at radius 2 is 1.97 bits per heavy atom. The molecule has 1 atom stereocenters. The van der Waals surface area contributed by atoms with Gasteiger partial charge in [0.1, 0.15) is 5.76 Å². The molecular formula is C24H29N3O3. The summed E-state index contributed by atoms with van der Waals surface area (Å²) >= 11 is 0. The van der Waals surface area contributed by atoms with Crippen LogP contribution < -0.4 is 5.43 Å². The highest BCUT2D eigenvalue weighted by atomic mass is 16.4. The van der Waals surface area contributed by atoms with E-state index in [0.29, 0.717) is 5.76 Å². The van der Waals surface area contributed by atoms with E-state index < -0.39 is 0 Å². The number of furan rings is 1. The van der Waals surface area contributed by atoms with E-state index in [0.717, 1.165) is 73.2 Å². The second-order valence-electron chi connectivity index (χ2n) is 8.31. The molecule has 6 heteroatoms. The molecule has 2 amide bonds. The summed E-state index contributed by atoms with van der Waals surface area (Å²) in [5, 5.41) is 4.41. The van der Waals surface area contributed by atoms with Crippen molar-refractivity contribution in [1.29, 1.82) is 0 Å². The van der Waals surface area contributed by atoms with Gasteiger partial charge in [-0.05, 0) is 51.5 Å². The molecule has 1 aliphatic heterocycles. The van der Waals surface area contributed by atoms with Gasteiger partial charge in [0, 0.05) is 30.1 Å². The van der Waals surface area contributed by atoms with Gasteiger partial charge >= 0.3 is 0 Å². The number of amides is 2. The first-order valence-electron chi connectivity index (χ1n) is 10.9. The highest BCUT2D eigenvalue weighted by Gasteiger charge is 2.32. The van der Waals surface area contributed by atoms with Crippen LogP contribution in [0.3, 0.4) is 0 Å². The molecule has 1 unspecified atom stereocenters. The number of hydrazone groups is 1. The van der Waals surface area contributed by atoms with Crippen molar-refractivity contribution < 1.29 is 14.0 Å². The molecule has 0 spiro atoms. The molecule has 0 saturated carbocycles. The third-order valence-electron chi connectivity index (χ3n) is 6.11. The van der Waals surface area contributed by atoms with E-state index in [4.69, 9.17) is 4.42 Å². The molecule has 0 radical (unpaired) electrons. The number of carbonyl (C=O) groups is 2. The fourth-order valence-electron chi connectivity index (χ4n) is 4.46. The summed E-state index contributed by atoms with van der Waals surface area (Å²) in [6, 6.07) is 9.84. The molecule has 1 aromatic carbocycles. The van der Waals surface area contributed by atoms with Crippen molar-refractivity contribution in [3.8, 4) is 0 Å². The highest BCUT2D eigenvalue weighted by molar-refractivity contribution is 6.06. The number of nitrogens with zero attached hydrogens (tertiary/aromatic N) is 2. The van der Waals surface area contributed by atoms with Gasteiger partial charge in [-0.3, -0.25) is 9.59 Å². The SMILES string of the molecule is Cc1c(C(=O)N2CCCCC2C)oc2c1/C(=N/NC(=O)Cc1ccccc1)CCC2. The zero-order valence-electron chi connectivity index (χ0n) is 17.7. The standard InChI is InChI=1S/C24H29N3O3/c1-16-9-6-7-14-27(16)24(29)23-17(2)22-19(12-8-13-20(22)30-23)25-26-21(28)15-18-10-4-3-5-11-18/h3-5,10-11,16H,6-9,12-15H2,1-2H3,(H,26,28)/b25-19+. The van der Waals surface area contributed by atoms with E-state index in [2.05, 4.69) is 17.5 Å². The number of hydrogen-bond donors (Lipinski definition) is 1. The van der Waals surface area contributed by atoms with Crippen LogP contribution in [-0.4, -0.2) is 35.0 Å². The van der Waals surface area contributed by atoms with Gasteiger partial charge in [0.15, 0.2) is 5.76 Å². The van der Waals surface area contributed by atoms with Gasteiger partial charge in [0.25, 0.3) is 5.91 Å². The lowest BCUT2D eigenvalue weighted by Crippen LogP contribution is -2.42. The Kier molecular flexibility index (Phi) is 6.02. The van der Waals surface area contributed by atoms with E-state index in [1.165, 1.54) is 0 Å². The minimum absolute atomic E-state index is 0.0263. The maximum Gasteiger partial charge on any atom is 0.290 e. The van der Waals surface area contributed by atoms with E-state index in [-0.39, 0.29) is 24.3 Å². The average Bonchev–Trinajstić information content (AvgIpc) is 3.10. The molecule has 1 aromatic heterocycles. The Balaban J connectivity index is 1.53. The number of rotatable bonds is 4. The molecular weight excluding hydrogens is 378 g/mol. The number of fused-ring (bicyclic) bond motifs is 1. The minimum atomic E-state index is -0.152. The molecule has 158 valence electrons. The van der Waals surface area contributed by atoms with Crippen molar-refractivity contribution >= 4 is 17.5 Å². The Labute approximate surface area is 177 Å². The molecule has 6 nitrogen and oxygen atoms in total. The summed E-state index contributed by atoms with van der Waals surface area (Å²) in [5.41, 5.74) is 6.17. The number of carbonyl (C=O) groups excluding carboxylic acids is 2. The molecule has 30 heavy (non-hydrogen) atoms. The Bertz CT molecular complexity index is 962. The van der Waals surface area contributed by atoms with Crippen LogP contribution in [0, 0.1) is 6.92 Å². The van der Waals surface area contributed by atoms with Crippen molar-refractivity contribution in [1.82, 2.24) is 10.3 Å². The molecule has 2 heterocycles. The van der Waals surface area contributed by atoms with Crippen LogP contribution in [0.1, 0.15) is 72.0 Å². The predicted molar refractivity (Wildman–Crippen MR) is 116 cm³/mol. The maximum atomic E-state index is 13.1. The lowest BCUT2D eigenvalue weighted by atomic mass is 9.93. The van der Waals surface area contributed by atoms with Gasteiger partial charge in [-0.2, -0.15) is 5.10 Å². The first kappa shape index (κ1) is 20.4. The molecule has 1 saturated heterocycles. The second-order valence-corrected chi connectivity index (χ2v) is 8.31. The van der Waals surface area contributed by atoms with Crippen LogP contribution in [0.25, 0.3) is 0 Å². The third-order valence-corrected chi connectivity index (χ3v) is 6.11. The van der Waals surface area contributed by atoms with Gasteiger partial charge in [-0.25, -0.2) is 5.43 Å². The first-order valence-corrected chi connectivity index (χ1v) is 10.9. The average molecular weight is 408 g/mol. The molecule has 1 fully saturated rings. The zero-order chi connectivity index (χ0) is 21.1. The van der Waals surface area contributed by atoms with Crippen molar-refractivity contribution in [2.24, 2.45) is 5.10 Å². The molecule has 1 aliphatic carbocycles. The predicted octanol–water partition coefficient (Wildman–Crippen LogP) is 4.00. The number of benzene rings is 1. The van der Waals surface area contributed by atoms with Crippen LogP contribution in [-0.2, 0) is 17.6 Å². The lowest BCUT2D eigenvalue weighted by Gasteiger charge is -2.32. The lowest BCUT2D eigenvalue weighted by molar-refractivity contribution is -0.120. The number of likely N-dealkylation sites (tertiary alicyclic amines) is 1. The Morgan fingerprint density at radius 3 is 2.73 bits per heavy atom. The smallest absolute Gasteiger partial charge is 0.290 e. The van der Waals surface area contributed by atoms with E-state index in [9.17, 15) is 9.59 Å². The van der Waals surface area contributed by atoms with Crippen LogP contribution in [0.15, 0.2) is 39.9 Å². The monoisotopic (exact) mass is 407 g/mol. The van der Waals surface area contributed by atoms with Crippen LogP contribution in [0.5, 0.6) is 0 Å². The van der Waals surface area contributed by atoms with Gasteiger partial charge in [0.05, 0.1) is 12.1 Å². The minimum Gasteiger partial charge on any atom is -0.455 e. The van der Waals surface area contributed by atoms with E-state index in [1.807, 2.05) is 42.2 Å². The number of piperidine rings is 1. The highest BCUT2D eigenvalue weighted by Crippen LogP contribution is 2.31. The summed E-state index contributed by atoms with van der Waals surface area (Å²) in [6.45, 7) is 4.81. The molecule has 1 N–H and O–H groups in total. The second kappa shape index (κ2) is 8.86. The summed E-state index contributed by atoms with van der Waals surface area (Å²) in [4.78, 5) is 27.4. The van der Waals surface area contributed by atoms with Crippen molar-refractivity contribution in [2.75, 3.05) is 6.54 Å². The normalized spacial score (nSPS) is 20.1. The van der Waals surface area contributed by atoms with Gasteiger partial charge in [-0.15, -0.1) is 0 Å². The fraction of sp³-hybridized carbons (Fsp3) is 0.458. The van der Waals surface area contributed by atoms with Crippen molar-refractivity contribution in [2.45, 2.75) is 64.8 Å². The summed E-state index contributed by atoms with van der Waals surface area (Å²) in [7, 11) is 0. The zero-order valence-corrected chi connectivity index (χ0v) is 17.7. The fourth-order valence-corrected chi connectivity index (χ4v) is 4.46. The third kappa shape index (κ3) is 4.18. The summed E-state index contributed by atoms with van der Waals surface area (Å²) in [5.74, 6) is 1.06. The van der Waals surface area contributed by atoms with Crippen molar-refractivity contribution in [3.05, 3.63) is 58.5 Å². The van der Waals surface area contributed by atoms with Crippen LogP contribution in [0.4, 0.5) is 0 Å². The summed E-state index contributed by atoms with van der Waals surface area (Å²) in [6.07, 6.45) is 5.95. The first-order chi connectivity index (χ1) is 14.5. The quantitative estimate of drug-likeness (QED) is 0.779. The van der Waals surface area contributed by atoms with E-state index >= 15 is 0 Å². The number of aryl methyl sites for hydroxylation is 1. The number of hydrogen-bond acceptors (Lipinski definition) is 4. The van der Waals surface area contributed by atoms with Gasteiger partial charge < -0.3 is 9.32 Å². The molecule has 4 rings (SSSR count). The molecule has 2 aromatic rings. The topological polar surface area (TPSA) is 74.9 Å². The molecule has 2 aliphatic rings. The summed E-state index contributed by atoms with van der Waals surface area (Å²) < 4.78 is 6.05. The number of nitrogens with one attached hydrogen (secondary N) is 1.